The summed E-state index contributed by atoms with van der Waals surface area (Å²) in [7, 11) is 0. The molecule has 0 saturated carbocycles. The van der Waals surface area contributed by atoms with Crippen molar-refractivity contribution in [1.29, 1.82) is 5.26 Å². The molecule has 0 unspecified atom stereocenters. The van der Waals surface area contributed by atoms with E-state index in [1.54, 1.807) is 22.1 Å². The van der Waals surface area contributed by atoms with Crippen LogP contribution >= 0.6 is 45.9 Å². The Morgan fingerprint density at radius 1 is 0.677 bits per heavy atom. The Kier molecular flexibility index (Phi) is 10.8. The maximum absolute atomic E-state index is 10.7. The zero-order valence-electron chi connectivity index (χ0n) is 34.8. The minimum atomic E-state index is 0.231. The van der Waals surface area contributed by atoms with Crippen LogP contribution in [0.4, 0.5) is 39.6 Å². The minimum Gasteiger partial charge on any atom is -0.338 e. The average molecular weight is 890 g/mol. The number of aryl methyl sites for hydroxylation is 7. The summed E-state index contributed by atoms with van der Waals surface area (Å²) in [4.78, 5) is 17.5. The first kappa shape index (κ1) is 40.9. The van der Waals surface area contributed by atoms with E-state index < -0.39 is 0 Å². The fraction of sp³-hybridized carbons (Fsp3) is 0.146. The van der Waals surface area contributed by atoms with Gasteiger partial charge in [-0.2, -0.15) is 15.0 Å². The highest BCUT2D eigenvalue weighted by Crippen LogP contribution is 2.46. The van der Waals surface area contributed by atoms with Gasteiger partial charge < -0.3 is 5.32 Å². The summed E-state index contributed by atoms with van der Waals surface area (Å²) in [6, 6.07) is 33.8. The van der Waals surface area contributed by atoms with E-state index in [4.69, 9.17) is 53.5 Å². The second-order valence-electron chi connectivity index (χ2n) is 15.3. The fourth-order valence-corrected chi connectivity index (χ4v) is 10.4. The number of nitriles is 1. The number of aromatic nitrogens is 5. The maximum Gasteiger partial charge on any atom is 0.213 e. The lowest BCUT2D eigenvalue weighted by Crippen LogP contribution is -2.15. The molecule has 0 atom stereocenters. The second kappa shape index (κ2) is 16.4. The SMILES string of the molecule is Cc1cc(C)c(Nc2nc(N(c3nc4ccc(Cl)cc4s3)c3c(C)cc(C)cc3C)cc(C)c2N=Nc2c(C#N)c(-c3ccccc3)nn2-c2nc3ccc(Cl)cc3s2)c(C)c1. The number of azo groups is 1. The van der Waals surface area contributed by atoms with Gasteiger partial charge >= 0.3 is 0 Å². The van der Waals surface area contributed by atoms with Gasteiger partial charge in [0.05, 0.1) is 26.1 Å². The first-order valence-corrected chi connectivity index (χ1v) is 22.1. The van der Waals surface area contributed by atoms with Gasteiger partial charge in [-0.15, -0.1) is 10.2 Å². The quantitative estimate of drug-likeness (QED) is 0.143. The topological polar surface area (TPSA) is 120 Å². The predicted octanol–water partition coefficient (Wildman–Crippen LogP) is 15.1. The number of rotatable bonds is 9. The first-order chi connectivity index (χ1) is 29.8. The molecule has 62 heavy (non-hydrogen) atoms. The number of halogens is 2. The highest BCUT2D eigenvalue weighted by molar-refractivity contribution is 7.22. The van der Waals surface area contributed by atoms with Gasteiger partial charge in [-0.05, 0) is 119 Å². The summed E-state index contributed by atoms with van der Waals surface area (Å²) in [6.07, 6.45) is 0. The van der Waals surface area contributed by atoms with Crippen molar-refractivity contribution in [3.8, 4) is 22.5 Å². The van der Waals surface area contributed by atoms with E-state index in [1.807, 2.05) is 73.7 Å². The fourth-order valence-electron chi connectivity index (χ4n) is 7.90. The van der Waals surface area contributed by atoms with E-state index in [2.05, 4.69) is 82.1 Å². The molecular formula is C48H38Cl2N10S2. The number of pyridine rings is 1. The molecule has 9 aromatic rings. The molecule has 9 rings (SSSR count). The van der Waals surface area contributed by atoms with Crippen molar-refractivity contribution in [1.82, 2.24) is 24.7 Å². The number of hydrogen-bond donors (Lipinski definition) is 1. The smallest absolute Gasteiger partial charge is 0.213 e. The second-order valence-corrected chi connectivity index (χ2v) is 18.2. The van der Waals surface area contributed by atoms with Crippen LogP contribution in [0.15, 0.2) is 107 Å². The molecule has 4 heterocycles. The number of benzene rings is 5. The van der Waals surface area contributed by atoms with Crippen molar-refractivity contribution in [2.45, 2.75) is 48.5 Å². The third kappa shape index (κ3) is 7.69. The first-order valence-electron chi connectivity index (χ1n) is 19.7. The molecule has 0 fully saturated rings. The Labute approximate surface area is 376 Å². The molecule has 0 amide bonds. The molecule has 0 saturated heterocycles. The molecule has 306 valence electrons. The van der Waals surface area contributed by atoms with Crippen molar-refractivity contribution in [2.75, 3.05) is 10.2 Å². The molecule has 5 aromatic carbocycles. The van der Waals surface area contributed by atoms with Crippen LogP contribution in [0.3, 0.4) is 0 Å². The van der Waals surface area contributed by atoms with Gasteiger partial charge in [0.25, 0.3) is 0 Å². The standard InChI is InChI=1S/C48H38Cl2N10S2/c1-25-17-27(3)41(28(4)18-25)55-45-42(29(5)21-40(54-45)59(44-30(6)19-26(2)20-31(44)7)47-52-36-15-13-33(49)22-38(36)61-47)56-57-46-35(24-51)43(32-11-9-8-10-12-32)58-60(46)48-53-37-16-14-34(50)23-39(37)62-48/h8-23H,1-7H3,(H,54,55). The molecule has 0 aliphatic heterocycles. The molecule has 0 aliphatic carbocycles. The van der Waals surface area contributed by atoms with Gasteiger partial charge in [0.15, 0.2) is 16.8 Å². The monoisotopic (exact) mass is 888 g/mol. The third-order valence-corrected chi connectivity index (χ3v) is 13.0. The summed E-state index contributed by atoms with van der Waals surface area (Å²) in [6.45, 7) is 14.5. The number of anilines is 5. The zero-order chi connectivity index (χ0) is 43.4. The molecule has 4 aromatic heterocycles. The van der Waals surface area contributed by atoms with Gasteiger partial charge in [-0.25, -0.2) is 15.0 Å². The van der Waals surface area contributed by atoms with Crippen LogP contribution in [0, 0.1) is 59.8 Å². The van der Waals surface area contributed by atoms with Crippen LogP contribution in [0.1, 0.15) is 44.5 Å². The lowest BCUT2D eigenvalue weighted by atomic mass is 10.0. The Bertz CT molecular complexity index is 3260. The minimum absolute atomic E-state index is 0.231. The largest absolute Gasteiger partial charge is 0.338 e. The Hall–Kier alpha value is -6.49. The van der Waals surface area contributed by atoms with Crippen molar-refractivity contribution < 1.29 is 0 Å². The summed E-state index contributed by atoms with van der Waals surface area (Å²) < 4.78 is 3.42. The van der Waals surface area contributed by atoms with Gasteiger partial charge in [0.2, 0.25) is 5.13 Å². The molecule has 0 bridgehead atoms. The van der Waals surface area contributed by atoms with Crippen LogP contribution < -0.4 is 10.2 Å². The van der Waals surface area contributed by atoms with E-state index >= 15 is 0 Å². The van der Waals surface area contributed by atoms with Gasteiger partial charge in [0.1, 0.15) is 28.8 Å². The lowest BCUT2D eigenvalue weighted by Gasteiger charge is -2.27. The van der Waals surface area contributed by atoms with E-state index in [0.29, 0.717) is 38.2 Å². The summed E-state index contributed by atoms with van der Waals surface area (Å²) >= 11 is 15.8. The number of nitrogens with zero attached hydrogens (tertiary/aromatic N) is 9. The van der Waals surface area contributed by atoms with Crippen molar-refractivity contribution in [3.05, 3.63) is 152 Å². The van der Waals surface area contributed by atoms with E-state index in [1.165, 1.54) is 11.3 Å². The van der Waals surface area contributed by atoms with Crippen LogP contribution in [0.2, 0.25) is 10.0 Å². The van der Waals surface area contributed by atoms with Gasteiger partial charge in [-0.3, -0.25) is 4.90 Å². The van der Waals surface area contributed by atoms with E-state index in [0.717, 1.165) is 81.4 Å². The predicted molar refractivity (Wildman–Crippen MR) is 256 cm³/mol. The normalized spacial score (nSPS) is 11.5. The van der Waals surface area contributed by atoms with Crippen LogP contribution in [0.5, 0.6) is 0 Å². The average Bonchev–Trinajstić information content (AvgIpc) is 3.95. The van der Waals surface area contributed by atoms with E-state index in [-0.39, 0.29) is 11.4 Å². The summed E-state index contributed by atoms with van der Waals surface area (Å²) in [5.74, 6) is 1.33. The van der Waals surface area contributed by atoms with Crippen molar-refractivity contribution in [2.24, 2.45) is 10.2 Å². The maximum atomic E-state index is 10.7. The molecule has 0 radical (unpaired) electrons. The molecule has 0 aliphatic rings. The van der Waals surface area contributed by atoms with Crippen LogP contribution in [-0.4, -0.2) is 24.7 Å². The number of thiazole rings is 2. The molecular weight excluding hydrogens is 852 g/mol. The van der Waals surface area contributed by atoms with Crippen molar-refractivity contribution >= 4 is 106 Å². The molecule has 10 nitrogen and oxygen atoms in total. The number of fused-ring (bicyclic) bond motifs is 2. The van der Waals surface area contributed by atoms with Gasteiger partial charge in [-0.1, -0.05) is 112 Å². The molecule has 14 heteroatoms. The Balaban J connectivity index is 1.27. The van der Waals surface area contributed by atoms with Crippen LogP contribution in [0.25, 0.3) is 36.8 Å². The summed E-state index contributed by atoms with van der Waals surface area (Å²) in [5, 5.41) is 31.7. The third-order valence-electron chi connectivity index (χ3n) is 10.5. The Morgan fingerprint density at radius 2 is 1.29 bits per heavy atom. The molecule has 1 N–H and O–H groups in total. The van der Waals surface area contributed by atoms with Crippen molar-refractivity contribution in [3.63, 3.8) is 0 Å². The van der Waals surface area contributed by atoms with Crippen LogP contribution in [-0.2, 0) is 0 Å². The molecule has 0 spiro atoms. The summed E-state index contributed by atoms with van der Waals surface area (Å²) in [5.41, 5.74) is 12.8. The zero-order valence-corrected chi connectivity index (χ0v) is 38.0. The number of nitrogens with one attached hydrogen (secondary N) is 1. The Morgan fingerprint density at radius 3 is 1.94 bits per heavy atom. The van der Waals surface area contributed by atoms with Gasteiger partial charge in [0, 0.05) is 21.3 Å². The number of hydrogen-bond acceptors (Lipinski definition) is 11. The highest BCUT2D eigenvalue weighted by atomic mass is 35.5. The highest BCUT2D eigenvalue weighted by Gasteiger charge is 2.27. The van der Waals surface area contributed by atoms with E-state index in [9.17, 15) is 5.26 Å². The lowest BCUT2D eigenvalue weighted by molar-refractivity contribution is 0.866.